The summed E-state index contributed by atoms with van der Waals surface area (Å²) in [6.07, 6.45) is 5.02. The summed E-state index contributed by atoms with van der Waals surface area (Å²) in [5.74, 6) is 0. The molecule has 0 saturated carbocycles. The minimum absolute atomic E-state index is 0.426. The number of hydrazone groups is 1. The minimum Gasteiger partial charge on any atom is -0.358 e. The van der Waals surface area contributed by atoms with Crippen LogP contribution >= 0.6 is 23.8 Å². The molecule has 0 aliphatic rings. The second kappa shape index (κ2) is 8.44. The van der Waals surface area contributed by atoms with Gasteiger partial charge in [-0.2, -0.15) is 5.10 Å². The fourth-order valence-electron chi connectivity index (χ4n) is 1.10. The van der Waals surface area contributed by atoms with Crippen molar-refractivity contribution in [2.45, 2.75) is 0 Å². The molecule has 0 fully saturated rings. The highest BCUT2D eigenvalue weighted by atomic mass is 35.5. The van der Waals surface area contributed by atoms with Gasteiger partial charge in [0, 0.05) is 6.54 Å². The van der Waals surface area contributed by atoms with Crippen LogP contribution in [0.3, 0.4) is 0 Å². The molecule has 0 atom stereocenters. The standard InChI is InChI=1S/C13H14ClN3S/c1-2-8-15-13(18)17-16-10-12(14)9-11-6-4-3-5-7-11/h2-7,9-10H,1,8H2,(H2,15,17,18)/b12-9-,16-10-. The summed E-state index contributed by atoms with van der Waals surface area (Å²) in [6, 6.07) is 9.75. The molecule has 0 aliphatic heterocycles. The van der Waals surface area contributed by atoms with Crippen LogP contribution in [0.1, 0.15) is 5.56 Å². The molecule has 3 nitrogen and oxygen atoms in total. The summed E-state index contributed by atoms with van der Waals surface area (Å²) >= 11 is 10.9. The zero-order chi connectivity index (χ0) is 13.2. The topological polar surface area (TPSA) is 36.4 Å². The summed E-state index contributed by atoms with van der Waals surface area (Å²) in [5.41, 5.74) is 3.67. The molecule has 0 aromatic heterocycles. The van der Waals surface area contributed by atoms with E-state index in [9.17, 15) is 0 Å². The lowest BCUT2D eigenvalue weighted by Crippen LogP contribution is -2.31. The Labute approximate surface area is 117 Å². The summed E-state index contributed by atoms with van der Waals surface area (Å²) in [5, 5.41) is 7.73. The van der Waals surface area contributed by atoms with Crippen molar-refractivity contribution in [3.05, 3.63) is 53.6 Å². The monoisotopic (exact) mass is 279 g/mol. The lowest BCUT2D eigenvalue weighted by Gasteiger charge is -2.02. The van der Waals surface area contributed by atoms with Gasteiger partial charge < -0.3 is 5.32 Å². The van der Waals surface area contributed by atoms with E-state index in [1.165, 1.54) is 6.21 Å². The Balaban J connectivity index is 2.44. The van der Waals surface area contributed by atoms with Gasteiger partial charge in [-0.25, -0.2) is 0 Å². The SMILES string of the molecule is C=CCNC(=S)N/N=C\C(Cl)=C\c1ccccc1. The zero-order valence-corrected chi connectivity index (χ0v) is 11.3. The Bertz CT molecular complexity index is 455. The zero-order valence-electron chi connectivity index (χ0n) is 9.77. The first kappa shape index (κ1) is 14.4. The lowest BCUT2D eigenvalue weighted by atomic mass is 10.2. The molecule has 94 valence electrons. The van der Waals surface area contributed by atoms with Crippen LogP contribution in [-0.4, -0.2) is 17.9 Å². The van der Waals surface area contributed by atoms with Crippen molar-refractivity contribution in [2.75, 3.05) is 6.54 Å². The Hall–Kier alpha value is -1.65. The first-order valence-electron chi connectivity index (χ1n) is 5.32. The van der Waals surface area contributed by atoms with Crippen molar-refractivity contribution in [3.63, 3.8) is 0 Å². The average molecular weight is 280 g/mol. The van der Waals surface area contributed by atoms with Crippen LogP contribution in [0.5, 0.6) is 0 Å². The quantitative estimate of drug-likeness (QED) is 0.377. The Morgan fingerprint density at radius 3 is 2.78 bits per heavy atom. The number of hydrogen-bond donors (Lipinski definition) is 2. The average Bonchev–Trinajstić information content (AvgIpc) is 2.37. The van der Waals surface area contributed by atoms with E-state index >= 15 is 0 Å². The van der Waals surface area contributed by atoms with Crippen LogP contribution in [0.4, 0.5) is 0 Å². The molecule has 0 aliphatic carbocycles. The van der Waals surface area contributed by atoms with E-state index in [-0.39, 0.29) is 0 Å². The van der Waals surface area contributed by atoms with Gasteiger partial charge in [-0.1, -0.05) is 48.0 Å². The van der Waals surface area contributed by atoms with E-state index in [0.29, 0.717) is 16.7 Å². The summed E-state index contributed by atoms with van der Waals surface area (Å²) in [4.78, 5) is 0. The normalized spacial score (nSPS) is 11.3. The Kier molecular flexibility index (Phi) is 6.76. The van der Waals surface area contributed by atoms with Crippen LogP contribution in [0.2, 0.25) is 0 Å². The van der Waals surface area contributed by atoms with E-state index in [4.69, 9.17) is 23.8 Å². The molecule has 2 N–H and O–H groups in total. The predicted molar refractivity (Wildman–Crippen MR) is 82.7 cm³/mol. The third-order valence-corrected chi connectivity index (χ3v) is 2.31. The van der Waals surface area contributed by atoms with E-state index in [2.05, 4.69) is 22.4 Å². The maximum atomic E-state index is 6.00. The fourth-order valence-corrected chi connectivity index (χ4v) is 1.41. The summed E-state index contributed by atoms with van der Waals surface area (Å²) in [7, 11) is 0. The Morgan fingerprint density at radius 1 is 1.39 bits per heavy atom. The highest BCUT2D eigenvalue weighted by Crippen LogP contribution is 2.07. The number of rotatable bonds is 5. The van der Waals surface area contributed by atoms with Crippen molar-refractivity contribution in [3.8, 4) is 0 Å². The third kappa shape index (κ3) is 6.18. The van der Waals surface area contributed by atoms with Crippen LogP contribution < -0.4 is 10.7 Å². The van der Waals surface area contributed by atoms with Gasteiger partial charge in [0.2, 0.25) is 0 Å². The fraction of sp³-hybridized carbons (Fsp3) is 0.0769. The van der Waals surface area contributed by atoms with Gasteiger partial charge in [-0.3, -0.25) is 5.43 Å². The maximum absolute atomic E-state index is 6.00. The molecule has 1 aromatic carbocycles. The van der Waals surface area contributed by atoms with Crippen LogP contribution in [0.25, 0.3) is 6.08 Å². The van der Waals surface area contributed by atoms with Crippen molar-refractivity contribution in [1.82, 2.24) is 10.7 Å². The summed E-state index contributed by atoms with van der Waals surface area (Å²) < 4.78 is 0. The molecule has 0 unspecified atom stereocenters. The highest BCUT2D eigenvalue weighted by molar-refractivity contribution is 7.80. The van der Waals surface area contributed by atoms with Gasteiger partial charge in [0.05, 0.1) is 11.2 Å². The molecule has 0 amide bonds. The number of halogens is 1. The Morgan fingerprint density at radius 2 is 2.11 bits per heavy atom. The molecule has 1 aromatic rings. The maximum Gasteiger partial charge on any atom is 0.187 e. The number of thiocarbonyl (C=S) groups is 1. The van der Waals surface area contributed by atoms with E-state index < -0.39 is 0 Å². The van der Waals surface area contributed by atoms with Crippen LogP contribution in [-0.2, 0) is 0 Å². The number of nitrogens with one attached hydrogen (secondary N) is 2. The highest BCUT2D eigenvalue weighted by Gasteiger charge is 1.91. The number of benzene rings is 1. The molecule has 1 rings (SSSR count). The summed E-state index contributed by atoms with van der Waals surface area (Å²) in [6.45, 7) is 4.16. The first-order chi connectivity index (χ1) is 8.72. The lowest BCUT2D eigenvalue weighted by molar-refractivity contribution is 0.942. The van der Waals surface area contributed by atoms with Gasteiger partial charge >= 0.3 is 0 Å². The van der Waals surface area contributed by atoms with Crippen molar-refractivity contribution in [2.24, 2.45) is 5.10 Å². The van der Waals surface area contributed by atoms with Gasteiger partial charge in [-0.15, -0.1) is 6.58 Å². The van der Waals surface area contributed by atoms with Crippen molar-refractivity contribution < 1.29 is 0 Å². The molecule has 0 spiro atoms. The van der Waals surface area contributed by atoms with Gasteiger partial charge in [0.1, 0.15) is 0 Å². The van der Waals surface area contributed by atoms with Gasteiger partial charge in [0.15, 0.2) is 5.11 Å². The van der Waals surface area contributed by atoms with Crippen molar-refractivity contribution in [1.29, 1.82) is 0 Å². The first-order valence-corrected chi connectivity index (χ1v) is 6.11. The molecule has 5 heteroatoms. The second-order valence-electron chi connectivity index (χ2n) is 3.31. The van der Waals surface area contributed by atoms with Crippen LogP contribution in [0.15, 0.2) is 53.1 Å². The molecule has 0 bridgehead atoms. The molecule has 0 saturated heterocycles. The van der Waals surface area contributed by atoms with E-state index in [0.717, 1.165) is 5.56 Å². The second-order valence-corrected chi connectivity index (χ2v) is 4.15. The predicted octanol–water partition coefficient (Wildman–Crippen LogP) is 2.90. The minimum atomic E-state index is 0.426. The molecule has 0 radical (unpaired) electrons. The molecule has 18 heavy (non-hydrogen) atoms. The van der Waals surface area contributed by atoms with Gasteiger partial charge in [0.25, 0.3) is 0 Å². The number of nitrogens with zero attached hydrogens (tertiary/aromatic N) is 1. The number of hydrogen-bond acceptors (Lipinski definition) is 2. The van der Waals surface area contributed by atoms with Crippen LogP contribution in [0, 0.1) is 0 Å². The van der Waals surface area contributed by atoms with Crippen molar-refractivity contribution >= 4 is 41.2 Å². The third-order valence-electron chi connectivity index (χ3n) is 1.87. The largest absolute Gasteiger partial charge is 0.358 e. The molecule has 0 heterocycles. The molecular formula is C13H14ClN3S. The van der Waals surface area contributed by atoms with E-state index in [1.807, 2.05) is 36.4 Å². The molecular weight excluding hydrogens is 266 g/mol. The number of allylic oxidation sites excluding steroid dienone is 1. The van der Waals surface area contributed by atoms with Gasteiger partial charge in [-0.05, 0) is 23.9 Å². The van der Waals surface area contributed by atoms with E-state index in [1.54, 1.807) is 6.08 Å². The smallest absolute Gasteiger partial charge is 0.187 e.